The predicted octanol–water partition coefficient (Wildman–Crippen LogP) is 8.36. The molecule has 0 aliphatic heterocycles. The highest BCUT2D eigenvalue weighted by Crippen LogP contribution is 2.29. The van der Waals surface area contributed by atoms with Crippen LogP contribution in [0.2, 0.25) is 10.0 Å². The van der Waals surface area contributed by atoms with Crippen molar-refractivity contribution in [3.8, 4) is 23.0 Å². The zero-order valence-corrected chi connectivity index (χ0v) is 25.3. The van der Waals surface area contributed by atoms with Gasteiger partial charge in [0.2, 0.25) is 0 Å². The third kappa shape index (κ3) is 8.59. The number of ether oxygens (including phenoxy) is 2. The zero-order valence-electron chi connectivity index (χ0n) is 23.0. The van der Waals surface area contributed by atoms with Gasteiger partial charge in [-0.1, -0.05) is 40.9 Å². The summed E-state index contributed by atoms with van der Waals surface area (Å²) in [6.07, 6.45) is 6.25. The molecule has 0 amide bonds. The lowest BCUT2D eigenvalue weighted by molar-refractivity contribution is 0.476. The van der Waals surface area contributed by atoms with E-state index in [0.29, 0.717) is 38.7 Å². The van der Waals surface area contributed by atoms with Gasteiger partial charge in [-0.05, 0) is 80.4 Å². The smallest absolute Gasteiger partial charge is 0.261 e. The van der Waals surface area contributed by atoms with Gasteiger partial charge in [-0.2, -0.15) is 0 Å². The summed E-state index contributed by atoms with van der Waals surface area (Å²) in [6.45, 7) is 5.67. The van der Waals surface area contributed by atoms with Crippen LogP contribution in [-0.2, 0) is 10.0 Å². The molecule has 0 atom stereocenters. The first-order valence-electron chi connectivity index (χ1n) is 12.6. The summed E-state index contributed by atoms with van der Waals surface area (Å²) in [5.41, 5.74) is 9.57. The second-order valence-corrected chi connectivity index (χ2v) is 11.9. The predicted molar refractivity (Wildman–Crippen MR) is 167 cm³/mol. The number of nitrogens with zero attached hydrogens (tertiary/aromatic N) is 2. The van der Waals surface area contributed by atoms with E-state index in [0.717, 1.165) is 22.4 Å². The Kier molecular flexibility index (Phi) is 9.90. The summed E-state index contributed by atoms with van der Waals surface area (Å²) >= 11 is 11.7. The molecule has 0 saturated heterocycles. The zero-order chi connectivity index (χ0) is 30.3. The molecule has 0 aliphatic carbocycles. The van der Waals surface area contributed by atoms with Gasteiger partial charge in [0, 0.05) is 35.9 Å². The second kappa shape index (κ2) is 13.6. The molecule has 0 spiro atoms. The summed E-state index contributed by atoms with van der Waals surface area (Å²) in [5, 5.41) is 1.02. The van der Waals surface area contributed by atoms with Gasteiger partial charge in [-0.15, -0.1) is 0 Å². The molecule has 11 heteroatoms. The van der Waals surface area contributed by atoms with Crippen LogP contribution in [0.3, 0.4) is 0 Å². The highest BCUT2D eigenvalue weighted by Gasteiger charge is 2.15. The first kappa shape index (κ1) is 30.6. The first-order chi connectivity index (χ1) is 20.0. The molecule has 5 rings (SSSR count). The van der Waals surface area contributed by atoms with Crippen LogP contribution < -0.4 is 19.9 Å². The van der Waals surface area contributed by atoms with Gasteiger partial charge in [0.1, 0.15) is 23.0 Å². The Morgan fingerprint density at radius 1 is 0.690 bits per heavy atom. The van der Waals surface area contributed by atoms with E-state index in [9.17, 15) is 8.42 Å². The molecule has 5 aromatic rings. The lowest BCUT2D eigenvalue weighted by Gasteiger charge is -2.12. The van der Waals surface area contributed by atoms with Crippen molar-refractivity contribution >= 4 is 44.6 Å². The quantitative estimate of drug-likeness (QED) is 0.175. The number of pyridine rings is 2. The Bertz CT molecular complexity index is 1800. The molecular formula is C31H28Cl2N4O4S. The normalized spacial score (nSPS) is 10.8. The maximum absolute atomic E-state index is 12.5. The van der Waals surface area contributed by atoms with Crippen molar-refractivity contribution in [3.63, 3.8) is 0 Å². The number of aromatic nitrogens is 2. The van der Waals surface area contributed by atoms with Crippen molar-refractivity contribution < 1.29 is 17.9 Å². The molecule has 0 aliphatic rings. The molecular weight excluding hydrogens is 595 g/mol. The van der Waals surface area contributed by atoms with E-state index < -0.39 is 10.0 Å². The third-order valence-corrected chi connectivity index (χ3v) is 7.58. The number of aryl methyl sites for hydroxylation is 3. The summed E-state index contributed by atoms with van der Waals surface area (Å²) in [4.78, 5) is 8.13. The average Bonchev–Trinajstić information content (AvgIpc) is 2.92. The fraction of sp³-hybridized carbons (Fsp3) is 0.0968. The molecule has 8 nitrogen and oxygen atoms in total. The van der Waals surface area contributed by atoms with Crippen LogP contribution in [-0.4, -0.2) is 18.4 Å². The minimum Gasteiger partial charge on any atom is -0.455 e. The lowest BCUT2D eigenvalue weighted by atomic mass is 10.2. The van der Waals surface area contributed by atoms with Gasteiger partial charge in [-0.25, -0.2) is 8.42 Å². The van der Waals surface area contributed by atoms with Crippen molar-refractivity contribution in [2.45, 2.75) is 25.7 Å². The molecule has 0 saturated carbocycles. The minimum absolute atomic E-state index is 0.214. The number of hydrogen-bond donors (Lipinski definition) is 2. The number of hydrogen-bond acceptors (Lipinski definition) is 7. The monoisotopic (exact) mass is 622 g/mol. The number of rotatable bonds is 7. The molecule has 2 heterocycles. The van der Waals surface area contributed by atoms with Crippen LogP contribution in [0.1, 0.15) is 16.7 Å². The Morgan fingerprint density at radius 2 is 1.21 bits per heavy atom. The van der Waals surface area contributed by atoms with E-state index >= 15 is 0 Å². The number of benzene rings is 3. The average molecular weight is 624 g/mol. The topological polar surface area (TPSA) is 116 Å². The summed E-state index contributed by atoms with van der Waals surface area (Å²) in [7, 11) is -3.64. The van der Waals surface area contributed by atoms with E-state index in [4.69, 9.17) is 38.4 Å². The van der Waals surface area contributed by atoms with Gasteiger partial charge < -0.3 is 15.2 Å². The number of nitrogens with two attached hydrogens (primary N) is 1. The molecule has 0 fully saturated rings. The second-order valence-electron chi connectivity index (χ2n) is 9.31. The summed E-state index contributed by atoms with van der Waals surface area (Å²) in [6, 6.07) is 20.6. The van der Waals surface area contributed by atoms with E-state index in [1.54, 1.807) is 79.3 Å². The summed E-state index contributed by atoms with van der Waals surface area (Å²) in [5.74, 6) is 2.46. The molecule has 0 radical (unpaired) electrons. The maximum atomic E-state index is 12.5. The van der Waals surface area contributed by atoms with Crippen LogP contribution in [0.5, 0.6) is 23.0 Å². The fourth-order valence-corrected chi connectivity index (χ4v) is 5.07. The van der Waals surface area contributed by atoms with E-state index in [1.807, 2.05) is 32.9 Å². The highest BCUT2D eigenvalue weighted by molar-refractivity contribution is 7.92. The molecule has 2 aromatic heterocycles. The lowest BCUT2D eigenvalue weighted by Crippen LogP contribution is -2.13. The molecule has 42 heavy (non-hydrogen) atoms. The van der Waals surface area contributed by atoms with E-state index in [1.165, 1.54) is 6.20 Å². The minimum atomic E-state index is -3.64. The summed E-state index contributed by atoms with van der Waals surface area (Å²) < 4.78 is 38.9. The van der Waals surface area contributed by atoms with Crippen LogP contribution in [0, 0.1) is 20.8 Å². The SMILES string of the molecule is Cc1cc(N)ccc1Oc1cncc(Cl)c1.Cc1ccc(S(=O)(=O)Nc2ccc(Oc3cncc(Cl)c3)c(C)c2)cc1. The van der Waals surface area contributed by atoms with Crippen LogP contribution in [0.15, 0.2) is 102 Å². The molecule has 3 N–H and O–H groups in total. The molecule has 0 unspecified atom stereocenters. The number of anilines is 2. The van der Waals surface area contributed by atoms with Crippen molar-refractivity contribution in [2.24, 2.45) is 0 Å². The van der Waals surface area contributed by atoms with Crippen molar-refractivity contribution in [1.82, 2.24) is 9.97 Å². The molecule has 3 aromatic carbocycles. The molecule has 0 bridgehead atoms. The number of nitrogen functional groups attached to an aromatic ring is 1. The maximum Gasteiger partial charge on any atom is 0.261 e. The standard InChI is InChI=1S/C19H17ClN2O3S.C12H11ClN2O/c1-13-3-6-18(7-4-13)26(23,24)22-16-5-8-19(14(2)9-16)25-17-10-15(20)11-21-12-17;1-8-4-10(14)2-3-12(8)16-11-5-9(13)6-15-7-11/h3-12,22H,1-2H3;2-7H,14H2,1H3. The van der Waals surface area contributed by atoms with Crippen LogP contribution in [0.25, 0.3) is 0 Å². The van der Waals surface area contributed by atoms with Gasteiger partial charge in [0.25, 0.3) is 10.0 Å². The van der Waals surface area contributed by atoms with E-state index in [-0.39, 0.29) is 4.90 Å². The van der Waals surface area contributed by atoms with Gasteiger partial charge in [0.05, 0.1) is 27.3 Å². The Morgan fingerprint density at radius 3 is 1.71 bits per heavy atom. The fourth-order valence-electron chi connectivity index (χ4n) is 3.70. The van der Waals surface area contributed by atoms with Crippen molar-refractivity contribution in [1.29, 1.82) is 0 Å². The Labute approximate surface area is 255 Å². The van der Waals surface area contributed by atoms with Crippen molar-refractivity contribution in [2.75, 3.05) is 10.5 Å². The van der Waals surface area contributed by atoms with Crippen molar-refractivity contribution in [3.05, 3.63) is 124 Å². The number of nitrogens with one attached hydrogen (secondary N) is 1. The van der Waals surface area contributed by atoms with Gasteiger partial charge in [-0.3, -0.25) is 14.7 Å². The third-order valence-electron chi connectivity index (χ3n) is 5.77. The number of halogens is 2. The van der Waals surface area contributed by atoms with Gasteiger partial charge in [0.15, 0.2) is 0 Å². The van der Waals surface area contributed by atoms with Crippen LogP contribution >= 0.6 is 23.2 Å². The molecule has 216 valence electrons. The Hall–Kier alpha value is -4.31. The van der Waals surface area contributed by atoms with Gasteiger partial charge >= 0.3 is 0 Å². The first-order valence-corrected chi connectivity index (χ1v) is 14.9. The van der Waals surface area contributed by atoms with Crippen LogP contribution in [0.4, 0.5) is 11.4 Å². The van der Waals surface area contributed by atoms with E-state index in [2.05, 4.69) is 14.7 Å². The largest absolute Gasteiger partial charge is 0.455 e. The number of sulfonamides is 1. The highest BCUT2D eigenvalue weighted by atomic mass is 35.5. The Balaban J connectivity index is 0.000000216.